The van der Waals surface area contributed by atoms with Crippen LogP contribution in [0.2, 0.25) is 0 Å². The summed E-state index contributed by atoms with van der Waals surface area (Å²) in [6, 6.07) is 9.45. The second kappa shape index (κ2) is 6.12. The van der Waals surface area contributed by atoms with Crippen LogP contribution in [0, 0.1) is 0 Å². The molecule has 128 valence electrons. The number of tetrazole rings is 1. The van der Waals surface area contributed by atoms with Crippen LogP contribution in [-0.2, 0) is 0 Å². The van der Waals surface area contributed by atoms with Gasteiger partial charge in [-0.05, 0) is 25.0 Å². The van der Waals surface area contributed by atoms with E-state index in [0.29, 0.717) is 17.9 Å². The van der Waals surface area contributed by atoms with Gasteiger partial charge in [0, 0.05) is 26.0 Å². The molecule has 0 aliphatic carbocycles. The molecular weight excluding hydrogens is 318 g/mol. The molecule has 1 aliphatic heterocycles. The molecule has 3 heterocycles. The fourth-order valence-electron chi connectivity index (χ4n) is 3.31. The number of H-pyrrole nitrogens is 1. The number of hydrogen-bond acceptors (Lipinski definition) is 6. The Hall–Kier alpha value is -3.03. The average molecular weight is 337 g/mol. The topological polar surface area (TPSA) is 90.9 Å². The summed E-state index contributed by atoms with van der Waals surface area (Å²) in [5.41, 5.74) is 1.47. The number of pyridine rings is 1. The Bertz CT molecular complexity index is 907. The van der Waals surface area contributed by atoms with Gasteiger partial charge in [-0.25, -0.2) is 4.98 Å². The first-order chi connectivity index (χ1) is 12.1. The molecule has 2 aromatic heterocycles. The molecule has 8 nitrogen and oxygen atoms in total. The van der Waals surface area contributed by atoms with E-state index in [4.69, 9.17) is 0 Å². The van der Waals surface area contributed by atoms with Gasteiger partial charge in [-0.3, -0.25) is 4.79 Å². The van der Waals surface area contributed by atoms with Crippen LogP contribution in [0.4, 0.5) is 5.82 Å². The summed E-state index contributed by atoms with van der Waals surface area (Å²) in [5.74, 6) is 1.31. The van der Waals surface area contributed by atoms with Crippen molar-refractivity contribution in [3.05, 3.63) is 41.7 Å². The Morgan fingerprint density at radius 1 is 1.32 bits per heavy atom. The van der Waals surface area contributed by atoms with Gasteiger partial charge in [0.15, 0.2) is 5.82 Å². The second-order valence-electron chi connectivity index (χ2n) is 6.37. The van der Waals surface area contributed by atoms with Crippen LogP contribution in [0.25, 0.3) is 10.9 Å². The Kier molecular flexibility index (Phi) is 3.79. The van der Waals surface area contributed by atoms with E-state index in [-0.39, 0.29) is 11.9 Å². The van der Waals surface area contributed by atoms with E-state index in [0.717, 1.165) is 29.6 Å². The Labute approximate surface area is 144 Å². The number of nitrogens with zero attached hydrogens (tertiary/aromatic N) is 6. The zero-order valence-electron chi connectivity index (χ0n) is 14.2. The summed E-state index contributed by atoms with van der Waals surface area (Å²) in [4.78, 5) is 21.7. The standard InChI is InChI=1S/C17H19N7O/c1-23(2)15-10-12(11-6-3-4-7-13(11)18-15)17(25)24-9-5-8-14(24)16-19-21-22-20-16/h3-4,6-7,10,14H,5,8-9H2,1-2H3,(H,19,20,21,22). The molecular formula is C17H19N7O. The summed E-state index contributed by atoms with van der Waals surface area (Å²) < 4.78 is 0. The minimum absolute atomic E-state index is 0.0194. The molecule has 1 atom stereocenters. The first-order valence-electron chi connectivity index (χ1n) is 8.26. The van der Waals surface area contributed by atoms with Crippen molar-refractivity contribution in [3.63, 3.8) is 0 Å². The van der Waals surface area contributed by atoms with Gasteiger partial charge in [0.25, 0.3) is 5.91 Å². The lowest BCUT2D eigenvalue weighted by molar-refractivity contribution is 0.0732. The summed E-state index contributed by atoms with van der Waals surface area (Å²) in [6.07, 6.45) is 1.77. The van der Waals surface area contributed by atoms with E-state index < -0.39 is 0 Å². The molecule has 1 amide bonds. The van der Waals surface area contributed by atoms with Crippen molar-refractivity contribution in [1.29, 1.82) is 0 Å². The number of likely N-dealkylation sites (tertiary alicyclic amines) is 1. The van der Waals surface area contributed by atoms with Gasteiger partial charge in [0.1, 0.15) is 5.82 Å². The van der Waals surface area contributed by atoms with Crippen molar-refractivity contribution in [2.24, 2.45) is 0 Å². The van der Waals surface area contributed by atoms with Crippen molar-refractivity contribution in [2.75, 3.05) is 25.5 Å². The summed E-state index contributed by atoms with van der Waals surface area (Å²) in [5, 5.41) is 15.1. The molecule has 0 saturated carbocycles. The Morgan fingerprint density at radius 3 is 2.92 bits per heavy atom. The zero-order chi connectivity index (χ0) is 17.4. The predicted molar refractivity (Wildman–Crippen MR) is 93.3 cm³/mol. The van der Waals surface area contributed by atoms with Gasteiger partial charge in [0.2, 0.25) is 0 Å². The number of nitrogens with one attached hydrogen (secondary N) is 1. The number of benzene rings is 1. The molecule has 1 fully saturated rings. The molecule has 4 rings (SSSR count). The highest BCUT2D eigenvalue weighted by atomic mass is 16.2. The van der Waals surface area contributed by atoms with Gasteiger partial charge >= 0.3 is 0 Å². The number of rotatable bonds is 3. The SMILES string of the molecule is CN(C)c1cc(C(=O)N2CCCC2c2nn[nH]n2)c2ccccc2n1. The molecule has 1 saturated heterocycles. The van der Waals surface area contributed by atoms with Gasteiger partial charge in [0.05, 0.1) is 17.1 Å². The first kappa shape index (κ1) is 15.5. The van der Waals surface area contributed by atoms with Gasteiger partial charge in [-0.2, -0.15) is 5.21 Å². The van der Waals surface area contributed by atoms with E-state index in [1.165, 1.54) is 0 Å². The molecule has 1 unspecified atom stereocenters. The molecule has 1 N–H and O–H groups in total. The number of amides is 1. The summed E-state index contributed by atoms with van der Waals surface area (Å²) in [6.45, 7) is 0.686. The third-order valence-electron chi connectivity index (χ3n) is 4.56. The molecule has 0 radical (unpaired) electrons. The quantitative estimate of drug-likeness (QED) is 0.783. The van der Waals surface area contributed by atoms with Crippen molar-refractivity contribution in [1.82, 2.24) is 30.5 Å². The minimum Gasteiger partial charge on any atom is -0.363 e. The highest BCUT2D eigenvalue weighted by Crippen LogP contribution is 2.32. The maximum atomic E-state index is 13.3. The smallest absolute Gasteiger partial charge is 0.255 e. The summed E-state index contributed by atoms with van der Waals surface area (Å²) in [7, 11) is 3.84. The maximum absolute atomic E-state index is 13.3. The number of aromatic amines is 1. The van der Waals surface area contributed by atoms with Crippen LogP contribution in [0.1, 0.15) is 35.1 Å². The van der Waals surface area contributed by atoms with Crippen LogP contribution in [-0.4, -0.2) is 57.1 Å². The Morgan fingerprint density at radius 2 is 2.16 bits per heavy atom. The number of aromatic nitrogens is 5. The van der Waals surface area contributed by atoms with Crippen molar-refractivity contribution in [3.8, 4) is 0 Å². The van der Waals surface area contributed by atoms with E-state index in [2.05, 4.69) is 25.6 Å². The maximum Gasteiger partial charge on any atom is 0.255 e. The lowest BCUT2D eigenvalue weighted by Gasteiger charge is -2.23. The van der Waals surface area contributed by atoms with Crippen LogP contribution in [0.3, 0.4) is 0 Å². The third-order valence-corrected chi connectivity index (χ3v) is 4.56. The molecule has 0 bridgehead atoms. The monoisotopic (exact) mass is 337 g/mol. The molecule has 3 aromatic rings. The number of carbonyl (C=O) groups is 1. The van der Waals surface area contributed by atoms with Crippen LogP contribution in [0.5, 0.6) is 0 Å². The van der Waals surface area contributed by atoms with E-state index in [9.17, 15) is 4.79 Å². The minimum atomic E-state index is -0.138. The lowest BCUT2D eigenvalue weighted by atomic mass is 10.1. The number of fused-ring (bicyclic) bond motifs is 1. The number of anilines is 1. The first-order valence-corrected chi connectivity index (χ1v) is 8.26. The van der Waals surface area contributed by atoms with Gasteiger partial charge < -0.3 is 9.80 Å². The molecule has 0 spiro atoms. The fourth-order valence-corrected chi connectivity index (χ4v) is 3.31. The van der Waals surface area contributed by atoms with Gasteiger partial charge in [-0.1, -0.05) is 23.4 Å². The largest absolute Gasteiger partial charge is 0.363 e. The molecule has 1 aromatic carbocycles. The molecule has 25 heavy (non-hydrogen) atoms. The predicted octanol–water partition coefficient (Wildman–Crippen LogP) is 1.79. The van der Waals surface area contributed by atoms with Crippen molar-refractivity contribution < 1.29 is 4.79 Å². The fraction of sp³-hybridized carbons (Fsp3) is 0.353. The second-order valence-corrected chi connectivity index (χ2v) is 6.37. The van der Waals surface area contributed by atoms with E-state index >= 15 is 0 Å². The highest BCUT2D eigenvalue weighted by Gasteiger charge is 2.34. The van der Waals surface area contributed by atoms with Crippen LogP contribution >= 0.6 is 0 Å². The van der Waals surface area contributed by atoms with Crippen LogP contribution < -0.4 is 4.90 Å². The highest BCUT2D eigenvalue weighted by molar-refractivity contribution is 6.07. The number of para-hydroxylation sites is 1. The van der Waals surface area contributed by atoms with Crippen molar-refractivity contribution >= 4 is 22.6 Å². The third kappa shape index (κ3) is 2.69. The molecule has 1 aliphatic rings. The normalized spacial score (nSPS) is 17.2. The zero-order valence-corrected chi connectivity index (χ0v) is 14.2. The van der Waals surface area contributed by atoms with E-state index in [1.807, 2.05) is 54.2 Å². The molecule has 8 heteroatoms. The lowest BCUT2D eigenvalue weighted by Crippen LogP contribution is -2.31. The van der Waals surface area contributed by atoms with E-state index in [1.54, 1.807) is 0 Å². The van der Waals surface area contributed by atoms with Crippen LogP contribution in [0.15, 0.2) is 30.3 Å². The summed E-state index contributed by atoms with van der Waals surface area (Å²) >= 11 is 0. The average Bonchev–Trinajstić information content (AvgIpc) is 3.30. The van der Waals surface area contributed by atoms with Gasteiger partial charge in [-0.15, -0.1) is 10.2 Å². The number of carbonyl (C=O) groups excluding carboxylic acids is 1. The number of hydrogen-bond donors (Lipinski definition) is 1. The Balaban J connectivity index is 1.79. The van der Waals surface area contributed by atoms with Crippen molar-refractivity contribution in [2.45, 2.75) is 18.9 Å².